The molecule has 0 radical (unpaired) electrons. The lowest BCUT2D eigenvalue weighted by Crippen LogP contribution is -2.39. The summed E-state index contributed by atoms with van der Waals surface area (Å²) in [5.74, 6) is 1.71. The summed E-state index contributed by atoms with van der Waals surface area (Å²) in [7, 11) is 3.47. The van der Waals surface area contributed by atoms with Crippen LogP contribution in [0.5, 0.6) is 5.75 Å². The molecule has 0 unspecified atom stereocenters. The van der Waals surface area contributed by atoms with Crippen LogP contribution in [-0.4, -0.2) is 38.2 Å². The molecule has 0 atom stereocenters. The van der Waals surface area contributed by atoms with Crippen LogP contribution in [0.15, 0.2) is 35.5 Å². The predicted octanol–water partition coefficient (Wildman–Crippen LogP) is 3.03. The number of hydrogen-bond donors (Lipinski definition) is 2. The molecule has 7 heteroatoms. The van der Waals surface area contributed by atoms with Crippen LogP contribution < -0.4 is 15.4 Å². The number of thiazole rings is 1. The van der Waals surface area contributed by atoms with E-state index in [2.05, 4.69) is 39.7 Å². The molecule has 1 heterocycles. The van der Waals surface area contributed by atoms with Crippen LogP contribution in [-0.2, 0) is 12.8 Å². The van der Waals surface area contributed by atoms with Gasteiger partial charge in [0.25, 0.3) is 0 Å². The van der Waals surface area contributed by atoms with Gasteiger partial charge in [0.05, 0.1) is 12.1 Å². The van der Waals surface area contributed by atoms with Gasteiger partial charge in [0.15, 0.2) is 5.96 Å². The number of nitrogens with zero attached hydrogens (tertiary/aromatic N) is 2. The fourth-order valence-corrected chi connectivity index (χ4v) is 2.93. The van der Waals surface area contributed by atoms with Gasteiger partial charge >= 0.3 is 0 Å². The van der Waals surface area contributed by atoms with Gasteiger partial charge < -0.3 is 15.4 Å². The lowest BCUT2D eigenvalue weighted by atomic mass is 10.1. The Balaban J connectivity index is 0.00000288. The minimum absolute atomic E-state index is 0. The Labute approximate surface area is 165 Å². The molecular weight excluding hydrogens is 435 g/mol. The van der Waals surface area contributed by atoms with Gasteiger partial charge in [0, 0.05) is 37.6 Å². The van der Waals surface area contributed by atoms with Crippen molar-refractivity contribution in [2.75, 3.05) is 27.2 Å². The standard InChI is InChI=1S/C17H24N4OS.HI/c1-13-12-21-16(23-13)9-11-20-17(18-2)19-10-8-14-4-6-15(22-3)7-5-14;/h4-7,12H,8-11H2,1-3H3,(H2,18,19,20);1H. The second-order valence-electron chi connectivity index (χ2n) is 5.14. The van der Waals surface area contributed by atoms with E-state index in [1.165, 1.54) is 10.4 Å². The zero-order chi connectivity index (χ0) is 16.5. The Morgan fingerprint density at radius 3 is 2.38 bits per heavy atom. The van der Waals surface area contributed by atoms with Crippen molar-refractivity contribution in [3.8, 4) is 5.75 Å². The Bertz CT molecular complexity index is 628. The molecule has 0 aliphatic carbocycles. The lowest BCUT2D eigenvalue weighted by molar-refractivity contribution is 0.414. The molecule has 24 heavy (non-hydrogen) atoms. The second kappa shape index (κ2) is 11.2. The minimum atomic E-state index is 0. The number of nitrogens with one attached hydrogen (secondary N) is 2. The molecule has 1 aromatic heterocycles. The molecule has 2 rings (SSSR count). The van der Waals surface area contributed by atoms with Crippen molar-refractivity contribution in [3.05, 3.63) is 45.9 Å². The average molecular weight is 460 g/mol. The number of rotatable bonds is 7. The lowest BCUT2D eigenvalue weighted by Gasteiger charge is -2.11. The number of guanidine groups is 1. The van der Waals surface area contributed by atoms with Crippen molar-refractivity contribution in [1.29, 1.82) is 0 Å². The number of benzene rings is 1. The van der Waals surface area contributed by atoms with Crippen LogP contribution in [0.2, 0.25) is 0 Å². The van der Waals surface area contributed by atoms with Gasteiger partial charge in [-0.15, -0.1) is 35.3 Å². The molecule has 0 aliphatic rings. The molecule has 0 saturated heterocycles. The molecule has 2 N–H and O–H groups in total. The second-order valence-corrected chi connectivity index (χ2v) is 6.46. The van der Waals surface area contributed by atoms with E-state index in [9.17, 15) is 0 Å². The molecule has 2 aromatic rings. The maximum atomic E-state index is 5.16. The third-order valence-electron chi connectivity index (χ3n) is 3.39. The van der Waals surface area contributed by atoms with E-state index in [-0.39, 0.29) is 24.0 Å². The molecule has 0 saturated carbocycles. The van der Waals surface area contributed by atoms with E-state index in [0.29, 0.717) is 0 Å². The van der Waals surface area contributed by atoms with Gasteiger partial charge in [-0.2, -0.15) is 0 Å². The van der Waals surface area contributed by atoms with E-state index in [1.807, 2.05) is 18.3 Å². The Hall–Kier alpha value is -1.35. The van der Waals surface area contributed by atoms with Crippen LogP contribution in [0.3, 0.4) is 0 Å². The molecule has 5 nitrogen and oxygen atoms in total. The van der Waals surface area contributed by atoms with Gasteiger partial charge in [-0.05, 0) is 31.0 Å². The number of ether oxygens (including phenoxy) is 1. The highest BCUT2D eigenvalue weighted by molar-refractivity contribution is 14.0. The molecule has 0 spiro atoms. The highest BCUT2D eigenvalue weighted by Crippen LogP contribution is 2.11. The first-order valence-corrected chi connectivity index (χ1v) is 8.51. The van der Waals surface area contributed by atoms with Crippen LogP contribution in [0.25, 0.3) is 0 Å². The minimum Gasteiger partial charge on any atom is -0.497 e. The van der Waals surface area contributed by atoms with Gasteiger partial charge in [-0.1, -0.05) is 12.1 Å². The Morgan fingerprint density at radius 2 is 1.83 bits per heavy atom. The molecule has 0 fully saturated rings. The first-order valence-electron chi connectivity index (χ1n) is 7.70. The summed E-state index contributed by atoms with van der Waals surface area (Å²) in [6, 6.07) is 8.14. The highest BCUT2D eigenvalue weighted by Gasteiger charge is 2.01. The number of aryl methyl sites for hydroxylation is 1. The number of methoxy groups -OCH3 is 1. The van der Waals surface area contributed by atoms with E-state index >= 15 is 0 Å². The summed E-state index contributed by atoms with van der Waals surface area (Å²) >= 11 is 1.74. The number of hydrogen-bond acceptors (Lipinski definition) is 4. The summed E-state index contributed by atoms with van der Waals surface area (Å²) in [5.41, 5.74) is 1.27. The van der Waals surface area contributed by atoms with E-state index in [4.69, 9.17) is 4.74 Å². The summed E-state index contributed by atoms with van der Waals surface area (Å²) in [6.45, 7) is 3.74. The molecule has 0 aliphatic heterocycles. The zero-order valence-corrected chi connectivity index (χ0v) is 17.5. The van der Waals surface area contributed by atoms with Gasteiger partial charge in [-0.25, -0.2) is 4.98 Å². The largest absolute Gasteiger partial charge is 0.497 e. The van der Waals surface area contributed by atoms with Gasteiger partial charge in [0.1, 0.15) is 5.75 Å². The quantitative estimate of drug-likeness (QED) is 0.379. The monoisotopic (exact) mass is 460 g/mol. The fraction of sp³-hybridized carbons (Fsp3) is 0.412. The van der Waals surface area contributed by atoms with Gasteiger partial charge in [-0.3, -0.25) is 4.99 Å². The van der Waals surface area contributed by atoms with Crippen LogP contribution in [0.4, 0.5) is 0 Å². The van der Waals surface area contributed by atoms with Crippen molar-refractivity contribution < 1.29 is 4.74 Å². The number of aliphatic imine (C=N–C) groups is 1. The smallest absolute Gasteiger partial charge is 0.191 e. The number of aromatic nitrogens is 1. The summed E-state index contributed by atoms with van der Waals surface area (Å²) in [5, 5.41) is 7.80. The maximum Gasteiger partial charge on any atom is 0.191 e. The fourth-order valence-electron chi connectivity index (χ4n) is 2.14. The SMILES string of the molecule is CN=C(NCCc1ccc(OC)cc1)NCCc1ncc(C)s1.I. The van der Waals surface area contributed by atoms with E-state index in [1.54, 1.807) is 25.5 Å². The van der Waals surface area contributed by atoms with Crippen molar-refractivity contribution in [3.63, 3.8) is 0 Å². The molecule has 1 aromatic carbocycles. The third-order valence-corrected chi connectivity index (χ3v) is 4.36. The van der Waals surface area contributed by atoms with Crippen molar-refractivity contribution in [2.45, 2.75) is 19.8 Å². The zero-order valence-electron chi connectivity index (χ0n) is 14.3. The number of halogens is 1. The summed E-state index contributed by atoms with van der Waals surface area (Å²) < 4.78 is 5.16. The van der Waals surface area contributed by atoms with E-state index < -0.39 is 0 Å². The van der Waals surface area contributed by atoms with Gasteiger partial charge in [0.2, 0.25) is 0 Å². The first-order chi connectivity index (χ1) is 11.2. The molecule has 0 amide bonds. The Morgan fingerprint density at radius 1 is 1.17 bits per heavy atom. The molecular formula is C17H25IN4OS. The summed E-state index contributed by atoms with van der Waals surface area (Å²) in [6.07, 6.45) is 3.77. The van der Waals surface area contributed by atoms with Crippen LogP contribution in [0, 0.1) is 6.92 Å². The predicted molar refractivity (Wildman–Crippen MR) is 112 cm³/mol. The molecule has 0 bridgehead atoms. The Kier molecular flexibility index (Phi) is 9.70. The topological polar surface area (TPSA) is 58.5 Å². The third kappa shape index (κ3) is 7.04. The van der Waals surface area contributed by atoms with Crippen molar-refractivity contribution in [2.24, 2.45) is 4.99 Å². The summed E-state index contributed by atoms with van der Waals surface area (Å²) in [4.78, 5) is 9.85. The maximum absolute atomic E-state index is 5.16. The van der Waals surface area contributed by atoms with Crippen LogP contribution in [0.1, 0.15) is 15.4 Å². The van der Waals surface area contributed by atoms with E-state index in [0.717, 1.165) is 42.6 Å². The highest BCUT2D eigenvalue weighted by atomic mass is 127. The van der Waals surface area contributed by atoms with Crippen molar-refractivity contribution in [1.82, 2.24) is 15.6 Å². The van der Waals surface area contributed by atoms with Crippen LogP contribution >= 0.6 is 35.3 Å². The normalized spacial score (nSPS) is 10.9. The molecule has 132 valence electrons. The first kappa shape index (κ1) is 20.7. The van der Waals surface area contributed by atoms with Crippen molar-refractivity contribution >= 4 is 41.3 Å². The average Bonchev–Trinajstić information content (AvgIpc) is 2.99.